The lowest BCUT2D eigenvalue weighted by Crippen LogP contribution is -2.39. The van der Waals surface area contributed by atoms with Gasteiger partial charge in [-0.2, -0.15) is 0 Å². The molecule has 1 atom stereocenters. The van der Waals surface area contributed by atoms with E-state index in [-0.39, 0.29) is 10.9 Å². The zero-order valence-electron chi connectivity index (χ0n) is 14.1. The van der Waals surface area contributed by atoms with Crippen LogP contribution in [0.4, 0.5) is 5.69 Å². The SMILES string of the molecule is COc1ccc(S(=O)(=O)N2CC(C)NCc3ccccc32)cc1C. The van der Waals surface area contributed by atoms with Crippen molar-refractivity contribution in [2.45, 2.75) is 31.3 Å². The summed E-state index contributed by atoms with van der Waals surface area (Å²) in [6, 6.07) is 12.7. The molecule has 0 saturated heterocycles. The molecule has 2 aromatic carbocycles. The van der Waals surface area contributed by atoms with Crippen LogP contribution in [0, 0.1) is 6.92 Å². The molecule has 1 unspecified atom stereocenters. The molecular formula is C18H22N2O3S. The molecular weight excluding hydrogens is 324 g/mol. The third-order valence-electron chi connectivity index (χ3n) is 4.30. The van der Waals surface area contributed by atoms with E-state index < -0.39 is 10.0 Å². The van der Waals surface area contributed by atoms with Crippen LogP contribution in [0.15, 0.2) is 47.4 Å². The first-order valence-electron chi connectivity index (χ1n) is 7.92. The number of ether oxygens (including phenoxy) is 1. The fourth-order valence-electron chi connectivity index (χ4n) is 2.97. The summed E-state index contributed by atoms with van der Waals surface area (Å²) < 4.78 is 33.3. The molecule has 3 rings (SSSR count). The van der Waals surface area contributed by atoms with Gasteiger partial charge in [-0.05, 0) is 49.2 Å². The van der Waals surface area contributed by atoms with Crippen LogP contribution in [0.2, 0.25) is 0 Å². The number of methoxy groups -OCH3 is 1. The molecule has 1 aliphatic rings. The highest BCUT2D eigenvalue weighted by Crippen LogP contribution is 2.31. The number of nitrogens with one attached hydrogen (secondary N) is 1. The van der Waals surface area contributed by atoms with Gasteiger partial charge in [0.05, 0.1) is 17.7 Å². The van der Waals surface area contributed by atoms with Crippen molar-refractivity contribution in [2.75, 3.05) is 18.0 Å². The van der Waals surface area contributed by atoms with Crippen LogP contribution in [0.3, 0.4) is 0 Å². The van der Waals surface area contributed by atoms with Crippen LogP contribution in [0.25, 0.3) is 0 Å². The van der Waals surface area contributed by atoms with E-state index in [0.717, 1.165) is 16.8 Å². The van der Waals surface area contributed by atoms with E-state index in [4.69, 9.17) is 4.74 Å². The molecule has 0 saturated carbocycles. The van der Waals surface area contributed by atoms with Crippen LogP contribution < -0.4 is 14.4 Å². The van der Waals surface area contributed by atoms with Gasteiger partial charge in [0.15, 0.2) is 0 Å². The van der Waals surface area contributed by atoms with Crippen LogP contribution >= 0.6 is 0 Å². The van der Waals surface area contributed by atoms with Crippen molar-refractivity contribution in [1.82, 2.24) is 5.32 Å². The zero-order chi connectivity index (χ0) is 17.3. The second-order valence-corrected chi connectivity index (χ2v) is 7.94. The van der Waals surface area contributed by atoms with Crippen molar-refractivity contribution < 1.29 is 13.2 Å². The van der Waals surface area contributed by atoms with Crippen molar-refractivity contribution in [3.8, 4) is 5.75 Å². The number of benzene rings is 2. The largest absolute Gasteiger partial charge is 0.496 e. The summed E-state index contributed by atoms with van der Waals surface area (Å²) in [5.41, 5.74) is 2.52. The molecule has 2 aromatic rings. The molecule has 0 bridgehead atoms. The summed E-state index contributed by atoms with van der Waals surface area (Å²) in [5.74, 6) is 0.681. The first-order valence-corrected chi connectivity index (χ1v) is 9.36. The Kier molecular flexibility index (Phi) is 4.51. The number of sulfonamides is 1. The van der Waals surface area contributed by atoms with Crippen LogP contribution in [-0.4, -0.2) is 28.1 Å². The van der Waals surface area contributed by atoms with Crippen molar-refractivity contribution in [1.29, 1.82) is 0 Å². The molecule has 24 heavy (non-hydrogen) atoms. The predicted molar refractivity (Wildman–Crippen MR) is 95.0 cm³/mol. The van der Waals surface area contributed by atoms with E-state index >= 15 is 0 Å². The van der Waals surface area contributed by atoms with E-state index in [1.165, 1.54) is 4.31 Å². The molecule has 0 aromatic heterocycles. The lowest BCUT2D eigenvalue weighted by molar-refractivity contribution is 0.411. The van der Waals surface area contributed by atoms with Gasteiger partial charge in [-0.3, -0.25) is 4.31 Å². The Labute approximate surface area is 143 Å². The molecule has 5 nitrogen and oxygen atoms in total. The summed E-state index contributed by atoms with van der Waals surface area (Å²) in [5, 5.41) is 3.36. The van der Waals surface area contributed by atoms with Crippen molar-refractivity contribution in [2.24, 2.45) is 0 Å². The van der Waals surface area contributed by atoms with Crippen molar-refractivity contribution in [3.05, 3.63) is 53.6 Å². The fourth-order valence-corrected chi connectivity index (χ4v) is 4.64. The quantitative estimate of drug-likeness (QED) is 0.928. The molecule has 128 valence electrons. The molecule has 1 heterocycles. The highest BCUT2D eigenvalue weighted by atomic mass is 32.2. The first kappa shape index (κ1) is 16.8. The minimum Gasteiger partial charge on any atom is -0.496 e. The average molecular weight is 346 g/mol. The topological polar surface area (TPSA) is 58.6 Å². The fraction of sp³-hybridized carbons (Fsp3) is 0.333. The molecule has 1 N–H and O–H groups in total. The number of para-hydroxylation sites is 1. The Bertz CT molecular complexity index is 849. The Morgan fingerprint density at radius 3 is 2.67 bits per heavy atom. The highest BCUT2D eigenvalue weighted by Gasteiger charge is 2.30. The second-order valence-electron chi connectivity index (χ2n) is 6.08. The normalized spacial score (nSPS) is 18.0. The maximum Gasteiger partial charge on any atom is 0.264 e. The Balaban J connectivity index is 2.10. The monoisotopic (exact) mass is 346 g/mol. The molecule has 0 fully saturated rings. The number of anilines is 1. The van der Waals surface area contributed by atoms with Gasteiger partial charge in [-0.15, -0.1) is 0 Å². The van der Waals surface area contributed by atoms with Gasteiger partial charge in [0.25, 0.3) is 10.0 Å². The van der Waals surface area contributed by atoms with Gasteiger partial charge < -0.3 is 10.1 Å². The smallest absolute Gasteiger partial charge is 0.264 e. The summed E-state index contributed by atoms with van der Waals surface area (Å²) in [6.07, 6.45) is 0. The lowest BCUT2D eigenvalue weighted by atomic mass is 10.2. The standard InChI is InChI=1S/C18H22N2O3S/c1-13-10-16(8-9-18(13)23-3)24(21,22)20-12-14(2)19-11-15-6-4-5-7-17(15)20/h4-10,14,19H,11-12H2,1-3H3. The molecule has 1 aliphatic heterocycles. The summed E-state index contributed by atoms with van der Waals surface area (Å²) in [6.45, 7) is 4.89. The van der Waals surface area contributed by atoms with E-state index in [1.54, 1.807) is 25.3 Å². The van der Waals surface area contributed by atoms with Crippen molar-refractivity contribution >= 4 is 15.7 Å². The van der Waals surface area contributed by atoms with E-state index in [2.05, 4.69) is 5.32 Å². The van der Waals surface area contributed by atoms with Gasteiger partial charge in [-0.25, -0.2) is 8.42 Å². The van der Waals surface area contributed by atoms with Gasteiger partial charge >= 0.3 is 0 Å². The third-order valence-corrected chi connectivity index (χ3v) is 6.07. The number of aryl methyl sites for hydroxylation is 1. The summed E-state index contributed by atoms with van der Waals surface area (Å²) in [7, 11) is -2.06. The molecule has 0 spiro atoms. The molecule has 0 radical (unpaired) electrons. The zero-order valence-corrected chi connectivity index (χ0v) is 14.9. The number of rotatable bonds is 3. The Morgan fingerprint density at radius 2 is 1.96 bits per heavy atom. The van der Waals surface area contributed by atoms with E-state index in [1.807, 2.05) is 38.1 Å². The molecule has 0 amide bonds. The number of hydrogen-bond acceptors (Lipinski definition) is 4. The molecule has 0 aliphatic carbocycles. The maximum absolute atomic E-state index is 13.3. The van der Waals surface area contributed by atoms with Crippen LogP contribution in [-0.2, 0) is 16.6 Å². The third kappa shape index (κ3) is 2.99. The highest BCUT2D eigenvalue weighted by molar-refractivity contribution is 7.92. The number of hydrogen-bond donors (Lipinski definition) is 1. The van der Waals surface area contributed by atoms with Gasteiger partial charge in [0, 0.05) is 19.1 Å². The van der Waals surface area contributed by atoms with Crippen molar-refractivity contribution in [3.63, 3.8) is 0 Å². The maximum atomic E-state index is 13.3. The van der Waals surface area contributed by atoms with Gasteiger partial charge in [0.1, 0.15) is 5.75 Å². The summed E-state index contributed by atoms with van der Waals surface area (Å²) >= 11 is 0. The summed E-state index contributed by atoms with van der Waals surface area (Å²) in [4.78, 5) is 0.282. The second kappa shape index (κ2) is 6.45. The molecule has 6 heteroatoms. The minimum absolute atomic E-state index is 0.0616. The average Bonchev–Trinajstić information content (AvgIpc) is 2.74. The number of nitrogens with zero attached hydrogens (tertiary/aromatic N) is 1. The van der Waals surface area contributed by atoms with Crippen LogP contribution in [0.1, 0.15) is 18.1 Å². The Hall–Kier alpha value is -2.05. The van der Waals surface area contributed by atoms with Gasteiger partial charge in [-0.1, -0.05) is 18.2 Å². The van der Waals surface area contributed by atoms with E-state index in [9.17, 15) is 8.42 Å². The predicted octanol–water partition coefficient (Wildman–Crippen LogP) is 2.69. The number of fused-ring (bicyclic) bond motifs is 1. The Morgan fingerprint density at radius 1 is 1.21 bits per heavy atom. The first-order chi connectivity index (χ1) is 11.4. The van der Waals surface area contributed by atoms with Crippen LogP contribution in [0.5, 0.6) is 5.75 Å². The van der Waals surface area contributed by atoms with E-state index in [0.29, 0.717) is 18.8 Å². The minimum atomic E-state index is -3.64. The lowest BCUT2D eigenvalue weighted by Gasteiger charge is -2.26. The van der Waals surface area contributed by atoms with Gasteiger partial charge in [0.2, 0.25) is 0 Å².